The third kappa shape index (κ3) is 10.1. The van der Waals surface area contributed by atoms with Gasteiger partial charge in [0.25, 0.3) is 0 Å². The summed E-state index contributed by atoms with van der Waals surface area (Å²) in [5.74, 6) is 0.445. The summed E-state index contributed by atoms with van der Waals surface area (Å²) in [4.78, 5) is 20.6. The van der Waals surface area contributed by atoms with Gasteiger partial charge in [-0.15, -0.1) is 0 Å². The lowest BCUT2D eigenvalue weighted by atomic mass is 10.1. The molecule has 0 aromatic carbocycles. The number of unbranched alkanes of at least 4 members (excludes halogenated alkanes) is 4. The van der Waals surface area contributed by atoms with Crippen molar-refractivity contribution in [1.29, 1.82) is 0 Å². The monoisotopic (exact) mass is 337 g/mol. The molecule has 0 rings (SSSR count). The number of hydrogen-bond acceptors (Lipinski definition) is 3. The van der Waals surface area contributed by atoms with Crippen molar-refractivity contribution in [3.8, 4) is 0 Å². The summed E-state index contributed by atoms with van der Waals surface area (Å²) in [6, 6.07) is 0. The molecule has 24 heavy (non-hydrogen) atoms. The van der Waals surface area contributed by atoms with E-state index in [4.69, 9.17) is 0 Å². The topological polar surface area (TPSA) is 53.8 Å². The van der Waals surface area contributed by atoms with E-state index in [9.17, 15) is 9.18 Å². The molecule has 5 heteroatoms. The molecular formula is C19H32FN3O. The molecule has 0 spiro atoms. The Balaban J connectivity index is 4.74. The third-order valence-electron chi connectivity index (χ3n) is 3.65. The highest BCUT2D eigenvalue weighted by Gasteiger charge is 2.12. The summed E-state index contributed by atoms with van der Waals surface area (Å²) in [5, 5.41) is 2.86. The van der Waals surface area contributed by atoms with Crippen LogP contribution in [0.2, 0.25) is 0 Å². The Morgan fingerprint density at radius 3 is 2.46 bits per heavy atom. The highest BCUT2D eigenvalue weighted by Crippen LogP contribution is 2.14. The van der Waals surface area contributed by atoms with E-state index in [1.54, 1.807) is 13.3 Å². The second-order valence-corrected chi connectivity index (χ2v) is 5.70. The van der Waals surface area contributed by atoms with E-state index >= 15 is 0 Å². The molecule has 1 amide bonds. The maximum atomic E-state index is 12.1. The van der Waals surface area contributed by atoms with Gasteiger partial charge in [-0.2, -0.15) is 0 Å². The number of amides is 1. The first-order valence-corrected chi connectivity index (χ1v) is 8.81. The van der Waals surface area contributed by atoms with Crippen molar-refractivity contribution in [2.75, 3.05) is 7.05 Å². The van der Waals surface area contributed by atoms with Crippen LogP contribution in [0.4, 0.5) is 4.39 Å². The highest BCUT2D eigenvalue weighted by atomic mass is 19.1. The molecule has 0 fully saturated rings. The maximum Gasteiger partial charge on any atom is 0.225 e. The molecule has 1 N–H and O–H groups in total. The number of nitrogens with zero attached hydrogens (tertiary/aromatic N) is 2. The summed E-state index contributed by atoms with van der Waals surface area (Å²) < 4.78 is 12.1. The Bertz CT molecular complexity index is 479. The van der Waals surface area contributed by atoms with Crippen LogP contribution in [0, 0.1) is 0 Å². The van der Waals surface area contributed by atoms with Crippen molar-refractivity contribution >= 4 is 18.0 Å². The van der Waals surface area contributed by atoms with Crippen LogP contribution in [-0.2, 0) is 4.79 Å². The molecule has 0 bridgehead atoms. The van der Waals surface area contributed by atoms with Gasteiger partial charge in [-0.3, -0.25) is 14.8 Å². The Labute approximate surface area is 146 Å². The van der Waals surface area contributed by atoms with Crippen LogP contribution in [0.15, 0.2) is 33.7 Å². The normalized spacial score (nSPS) is 13.6. The molecular weight excluding hydrogens is 305 g/mol. The van der Waals surface area contributed by atoms with E-state index in [1.165, 1.54) is 25.3 Å². The van der Waals surface area contributed by atoms with Crippen molar-refractivity contribution in [2.24, 2.45) is 9.98 Å². The van der Waals surface area contributed by atoms with E-state index in [2.05, 4.69) is 22.2 Å². The standard InChI is InChI=1S/C19H32FN3O/c1-5-7-8-9-10-14-17(24)23-19(21-4)18(22-6-2)16(3)13-11-12-15-20/h6,12,15H,5,7-11,13-14H2,1-4H3,(H,21,23,24)/b15-12-,18-16+,22-6?. The average molecular weight is 337 g/mol. The molecule has 0 aliphatic rings. The second-order valence-electron chi connectivity index (χ2n) is 5.70. The number of rotatable bonds is 11. The number of nitrogens with one attached hydrogen (secondary N) is 1. The molecule has 0 unspecified atom stereocenters. The van der Waals surface area contributed by atoms with E-state index in [0.29, 0.717) is 37.1 Å². The molecule has 0 heterocycles. The molecule has 136 valence electrons. The first-order valence-electron chi connectivity index (χ1n) is 8.81. The fourth-order valence-electron chi connectivity index (χ4n) is 2.29. The maximum absolute atomic E-state index is 12.1. The van der Waals surface area contributed by atoms with E-state index in [-0.39, 0.29) is 5.91 Å². The molecule has 0 saturated carbocycles. The Morgan fingerprint density at radius 2 is 1.88 bits per heavy atom. The number of carbonyl (C=O) groups is 1. The van der Waals surface area contributed by atoms with Gasteiger partial charge < -0.3 is 5.32 Å². The van der Waals surface area contributed by atoms with Crippen molar-refractivity contribution in [3.63, 3.8) is 0 Å². The van der Waals surface area contributed by atoms with E-state index < -0.39 is 0 Å². The lowest BCUT2D eigenvalue weighted by Crippen LogP contribution is -2.31. The summed E-state index contributed by atoms with van der Waals surface area (Å²) >= 11 is 0. The largest absolute Gasteiger partial charge is 0.309 e. The Kier molecular flexibility index (Phi) is 13.7. The summed E-state index contributed by atoms with van der Waals surface area (Å²) in [5.41, 5.74) is 1.63. The van der Waals surface area contributed by atoms with Crippen molar-refractivity contribution in [1.82, 2.24) is 5.32 Å². The zero-order valence-electron chi connectivity index (χ0n) is 15.6. The van der Waals surface area contributed by atoms with Crippen LogP contribution in [0.25, 0.3) is 0 Å². The van der Waals surface area contributed by atoms with E-state index in [1.807, 2.05) is 13.8 Å². The minimum atomic E-state index is -0.0349. The first kappa shape index (κ1) is 22.2. The lowest BCUT2D eigenvalue weighted by molar-refractivity contribution is -0.119. The number of allylic oxidation sites excluding steroid dienone is 2. The minimum Gasteiger partial charge on any atom is -0.309 e. The van der Waals surface area contributed by atoms with Crippen LogP contribution in [0.1, 0.15) is 72.1 Å². The van der Waals surface area contributed by atoms with Gasteiger partial charge in [0.2, 0.25) is 5.91 Å². The number of carbonyl (C=O) groups excluding carboxylic acids is 1. The summed E-state index contributed by atoms with van der Waals surface area (Å²) in [6.07, 6.45) is 11.0. The van der Waals surface area contributed by atoms with Crippen molar-refractivity contribution in [2.45, 2.75) is 72.1 Å². The molecule has 0 atom stereocenters. The van der Waals surface area contributed by atoms with Gasteiger partial charge in [0.1, 0.15) is 5.70 Å². The van der Waals surface area contributed by atoms with Gasteiger partial charge in [-0.25, -0.2) is 4.39 Å². The van der Waals surface area contributed by atoms with Gasteiger partial charge in [0.15, 0.2) is 5.84 Å². The second kappa shape index (κ2) is 14.8. The average Bonchev–Trinajstić information content (AvgIpc) is 2.57. The molecule has 0 aromatic heterocycles. The Morgan fingerprint density at radius 1 is 1.17 bits per heavy atom. The predicted octanol–water partition coefficient (Wildman–Crippen LogP) is 5.12. The van der Waals surface area contributed by atoms with Crippen LogP contribution < -0.4 is 5.32 Å². The summed E-state index contributed by atoms with van der Waals surface area (Å²) in [7, 11) is 1.64. The van der Waals surface area contributed by atoms with Crippen LogP contribution in [-0.4, -0.2) is 25.0 Å². The third-order valence-corrected chi connectivity index (χ3v) is 3.65. The number of halogens is 1. The quantitative estimate of drug-likeness (QED) is 0.317. The first-order chi connectivity index (χ1) is 11.6. The number of aliphatic imine (C=N–C) groups is 2. The fraction of sp³-hybridized carbons (Fsp3) is 0.632. The smallest absolute Gasteiger partial charge is 0.225 e. The molecule has 4 nitrogen and oxygen atoms in total. The predicted molar refractivity (Wildman–Crippen MR) is 101 cm³/mol. The molecule has 0 aliphatic carbocycles. The highest BCUT2D eigenvalue weighted by molar-refractivity contribution is 6.08. The van der Waals surface area contributed by atoms with Crippen LogP contribution in [0.3, 0.4) is 0 Å². The van der Waals surface area contributed by atoms with Crippen LogP contribution >= 0.6 is 0 Å². The zero-order valence-corrected chi connectivity index (χ0v) is 15.6. The van der Waals surface area contributed by atoms with Gasteiger partial charge in [0, 0.05) is 19.7 Å². The molecule has 0 aromatic rings. The van der Waals surface area contributed by atoms with Crippen LogP contribution in [0.5, 0.6) is 0 Å². The minimum absolute atomic E-state index is 0.0349. The van der Waals surface area contributed by atoms with Gasteiger partial charge in [0.05, 0.1) is 6.33 Å². The number of hydrogen-bond donors (Lipinski definition) is 1. The zero-order chi connectivity index (χ0) is 18.2. The van der Waals surface area contributed by atoms with Gasteiger partial charge >= 0.3 is 0 Å². The van der Waals surface area contributed by atoms with E-state index in [0.717, 1.165) is 18.4 Å². The van der Waals surface area contributed by atoms with Crippen molar-refractivity contribution < 1.29 is 9.18 Å². The molecule has 0 radical (unpaired) electrons. The Hall–Kier alpha value is -1.78. The molecule has 0 saturated heterocycles. The lowest BCUT2D eigenvalue weighted by Gasteiger charge is -2.12. The SMILES string of the molecule is CC=N/C(C(=NC)NC(=O)CCCCCCC)=C(\C)CC/C=C\F. The summed E-state index contributed by atoms with van der Waals surface area (Å²) in [6.45, 7) is 5.92. The van der Waals surface area contributed by atoms with Gasteiger partial charge in [-0.05, 0) is 38.7 Å². The van der Waals surface area contributed by atoms with Crippen molar-refractivity contribution in [3.05, 3.63) is 23.7 Å². The molecule has 0 aliphatic heterocycles. The van der Waals surface area contributed by atoms with Gasteiger partial charge in [-0.1, -0.05) is 38.7 Å². The number of amidine groups is 1. The fourth-order valence-corrected chi connectivity index (χ4v) is 2.29.